The molecule has 21 heavy (non-hydrogen) atoms. The third-order valence-corrected chi connectivity index (χ3v) is 2.99. The molecule has 0 aliphatic heterocycles. The highest BCUT2D eigenvalue weighted by Gasteiger charge is 2.28. The SMILES string of the molecule is CC(C)(C)NC(=O)c1ccc(CC(C)(C)C(=O)O)cc1F. The van der Waals surface area contributed by atoms with Crippen molar-refractivity contribution in [2.45, 2.75) is 46.6 Å². The maximum absolute atomic E-state index is 14.0. The Balaban J connectivity index is 2.96. The number of rotatable bonds is 4. The minimum absolute atomic E-state index is 0.0400. The predicted octanol–water partition coefficient (Wildman–Crippen LogP) is 3.01. The first-order valence-corrected chi connectivity index (χ1v) is 6.77. The van der Waals surface area contributed by atoms with Crippen LogP contribution in [-0.4, -0.2) is 22.5 Å². The number of carbonyl (C=O) groups excluding carboxylic acids is 1. The summed E-state index contributed by atoms with van der Waals surface area (Å²) in [6.45, 7) is 8.59. The number of carboxylic acids is 1. The van der Waals surface area contributed by atoms with E-state index < -0.39 is 28.6 Å². The first-order chi connectivity index (χ1) is 9.42. The molecule has 1 rings (SSSR count). The second-order valence-electron chi connectivity index (χ2n) is 6.88. The van der Waals surface area contributed by atoms with Crippen LogP contribution in [-0.2, 0) is 11.2 Å². The fraction of sp³-hybridized carbons (Fsp3) is 0.500. The first-order valence-electron chi connectivity index (χ1n) is 6.77. The van der Waals surface area contributed by atoms with Crippen molar-refractivity contribution in [1.82, 2.24) is 5.32 Å². The summed E-state index contributed by atoms with van der Waals surface area (Å²) in [6.07, 6.45) is 0.195. The van der Waals surface area contributed by atoms with Crippen molar-refractivity contribution in [2.24, 2.45) is 5.41 Å². The number of carbonyl (C=O) groups is 2. The number of nitrogens with one attached hydrogen (secondary N) is 1. The van der Waals surface area contributed by atoms with E-state index in [4.69, 9.17) is 5.11 Å². The van der Waals surface area contributed by atoms with Crippen molar-refractivity contribution in [2.75, 3.05) is 0 Å². The third kappa shape index (κ3) is 4.85. The zero-order chi connectivity index (χ0) is 16.4. The van der Waals surface area contributed by atoms with Gasteiger partial charge in [-0.1, -0.05) is 6.07 Å². The van der Waals surface area contributed by atoms with Crippen molar-refractivity contribution < 1.29 is 19.1 Å². The number of hydrogen-bond donors (Lipinski definition) is 2. The van der Waals surface area contributed by atoms with Gasteiger partial charge in [-0.25, -0.2) is 4.39 Å². The van der Waals surface area contributed by atoms with Gasteiger partial charge in [0.25, 0.3) is 5.91 Å². The van der Waals surface area contributed by atoms with Gasteiger partial charge in [-0.2, -0.15) is 0 Å². The molecule has 1 aromatic rings. The number of hydrogen-bond acceptors (Lipinski definition) is 2. The lowest BCUT2D eigenvalue weighted by Crippen LogP contribution is -2.40. The topological polar surface area (TPSA) is 66.4 Å². The molecule has 116 valence electrons. The van der Waals surface area contributed by atoms with Gasteiger partial charge in [0, 0.05) is 5.54 Å². The average molecular weight is 295 g/mol. The molecule has 2 N–H and O–H groups in total. The quantitative estimate of drug-likeness (QED) is 0.897. The zero-order valence-electron chi connectivity index (χ0n) is 13.1. The second-order valence-corrected chi connectivity index (χ2v) is 6.88. The van der Waals surface area contributed by atoms with Gasteiger partial charge in [-0.15, -0.1) is 0 Å². The molecular weight excluding hydrogens is 273 g/mol. The molecule has 0 unspecified atom stereocenters. The van der Waals surface area contributed by atoms with Crippen LogP contribution in [0, 0.1) is 11.2 Å². The van der Waals surface area contributed by atoms with E-state index in [-0.39, 0.29) is 12.0 Å². The Bertz CT molecular complexity index is 559. The van der Waals surface area contributed by atoms with Crippen molar-refractivity contribution in [3.05, 3.63) is 35.1 Å². The van der Waals surface area contributed by atoms with Gasteiger partial charge < -0.3 is 10.4 Å². The van der Waals surface area contributed by atoms with Gasteiger partial charge in [0.15, 0.2) is 0 Å². The van der Waals surface area contributed by atoms with Gasteiger partial charge in [0.2, 0.25) is 0 Å². The maximum atomic E-state index is 14.0. The highest BCUT2D eigenvalue weighted by molar-refractivity contribution is 5.95. The van der Waals surface area contributed by atoms with E-state index in [9.17, 15) is 14.0 Å². The summed E-state index contributed by atoms with van der Waals surface area (Å²) >= 11 is 0. The number of carboxylic acid groups (broad SMARTS) is 1. The van der Waals surface area contributed by atoms with Gasteiger partial charge in [-0.05, 0) is 58.7 Å². The predicted molar refractivity (Wildman–Crippen MR) is 78.7 cm³/mol. The summed E-state index contributed by atoms with van der Waals surface area (Å²) in [5.41, 5.74) is -0.927. The van der Waals surface area contributed by atoms with Crippen LogP contribution in [0.25, 0.3) is 0 Å². The van der Waals surface area contributed by atoms with Crippen LogP contribution in [0.15, 0.2) is 18.2 Å². The largest absolute Gasteiger partial charge is 0.481 e. The van der Waals surface area contributed by atoms with E-state index >= 15 is 0 Å². The summed E-state index contributed by atoms with van der Waals surface area (Å²) < 4.78 is 14.0. The molecule has 0 aliphatic rings. The van der Waals surface area contributed by atoms with Gasteiger partial charge in [0.05, 0.1) is 11.0 Å². The van der Waals surface area contributed by atoms with Crippen LogP contribution in [0.2, 0.25) is 0 Å². The summed E-state index contributed by atoms with van der Waals surface area (Å²) in [5, 5.41) is 11.8. The molecule has 0 fully saturated rings. The molecule has 1 aromatic carbocycles. The number of halogens is 1. The molecule has 0 heterocycles. The van der Waals surface area contributed by atoms with Crippen LogP contribution in [0.5, 0.6) is 0 Å². The first kappa shape index (κ1) is 17.1. The minimum Gasteiger partial charge on any atom is -0.481 e. The highest BCUT2D eigenvalue weighted by Crippen LogP contribution is 2.23. The van der Waals surface area contributed by atoms with E-state index in [0.29, 0.717) is 5.56 Å². The molecule has 0 aliphatic carbocycles. The molecule has 0 saturated carbocycles. The van der Waals surface area contributed by atoms with Gasteiger partial charge in [-0.3, -0.25) is 9.59 Å². The Morgan fingerprint density at radius 1 is 1.19 bits per heavy atom. The smallest absolute Gasteiger partial charge is 0.309 e. The Morgan fingerprint density at radius 2 is 1.76 bits per heavy atom. The van der Waals surface area contributed by atoms with Crippen molar-refractivity contribution in [3.8, 4) is 0 Å². The molecular formula is C16H22FNO3. The van der Waals surface area contributed by atoms with Crippen molar-refractivity contribution in [1.29, 1.82) is 0 Å². The molecule has 1 amide bonds. The third-order valence-electron chi connectivity index (χ3n) is 2.99. The number of benzene rings is 1. The Morgan fingerprint density at radius 3 is 2.19 bits per heavy atom. The Labute approximate surface area is 124 Å². The molecule has 5 heteroatoms. The van der Waals surface area contributed by atoms with Crippen LogP contribution in [0.4, 0.5) is 4.39 Å². The molecule has 0 aromatic heterocycles. The fourth-order valence-corrected chi connectivity index (χ4v) is 1.85. The summed E-state index contributed by atoms with van der Waals surface area (Å²) in [5.74, 6) is -2.07. The van der Waals surface area contributed by atoms with Crippen LogP contribution < -0.4 is 5.32 Å². The van der Waals surface area contributed by atoms with E-state index in [0.717, 1.165) is 0 Å². The lowest BCUT2D eigenvalue weighted by Gasteiger charge is -2.21. The van der Waals surface area contributed by atoms with E-state index in [2.05, 4.69) is 5.32 Å². The zero-order valence-corrected chi connectivity index (χ0v) is 13.1. The van der Waals surface area contributed by atoms with E-state index in [1.807, 2.05) is 20.8 Å². The van der Waals surface area contributed by atoms with Crippen molar-refractivity contribution >= 4 is 11.9 Å². The van der Waals surface area contributed by atoms with Crippen molar-refractivity contribution in [3.63, 3.8) is 0 Å². The monoisotopic (exact) mass is 295 g/mol. The molecule has 0 spiro atoms. The van der Waals surface area contributed by atoms with E-state index in [1.54, 1.807) is 19.9 Å². The number of amides is 1. The molecule has 0 radical (unpaired) electrons. The molecule has 0 atom stereocenters. The summed E-state index contributed by atoms with van der Waals surface area (Å²) in [7, 11) is 0. The average Bonchev–Trinajstić information content (AvgIpc) is 2.25. The lowest BCUT2D eigenvalue weighted by atomic mass is 9.85. The highest BCUT2D eigenvalue weighted by atomic mass is 19.1. The van der Waals surface area contributed by atoms with Crippen LogP contribution >= 0.6 is 0 Å². The Kier molecular flexibility index (Phi) is 4.76. The minimum atomic E-state index is -0.984. The summed E-state index contributed by atoms with van der Waals surface area (Å²) in [6, 6.07) is 4.21. The standard InChI is InChI=1S/C16H22FNO3/c1-15(2,3)18-13(19)11-7-6-10(8-12(11)17)9-16(4,5)14(20)21/h6-8H,9H2,1-5H3,(H,18,19)(H,20,21). The van der Waals surface area contributed by atoms with Gasteiger partial charge in [0.1, 0.15) is 5.82 Å². The van der Waals surface area contributed by atoms with Crippen LogP contribution in [0.3, 0.4) is 0 Å². The fourth-order valence-electron chi connectivity index (χ4n) is 1.85. The van der Waals surface area contributed by atoms with Gasteiger partial charge >= 0.3 is 5.97 Å². The molecule has 0 bridgehead atoms. The normalized spacial score (nSPS) is 12.1. The molecule has 0 saturated heterocycles. The maximum Gasteiger partial charge on any atom is 0.309 e. The number of aliphatic carboxylic acids is 1. The Hall–Kier alpha value is -1.91. The second kappa shape index (κ2) is 5.84. The molecule has 4 nitrogen and oxygen atoms in total. The lowest BCUT2D eigenvalue weighted by molar-refractivity contribution is -0.146. The summed E-state index contributed by atoms with van der Waals surface area (Å²) in [4.78, 5) is 23.0. The van der Waals surface area contributed by atoms with E-state index in [1.165, 1.54) is 12.1 Å². The van der Waals surface area contributed by atoms with Crippen LogP contribution in [0.1, 0.15) is 50.5 Å².